The van der Waals surface area contributed by atoms with Crippen LogP contribution in [0, 0.1) is 17.8 Å². The molecule has 0 aromatic carbocycles. The molecule has 30 heavy (non-hydrogen) atoms. The molecule has 2 saturated carbocycles. The molecule has 0 aliphatic heterocycles. The van der Waals surface area contributed by atoms with Crippen molar-refractivity contribution in [2.45, 2.75) is 148 Å². The van der Waals surface area contributed by atoms with Crippen LogP contribution in [-0.2, 0) is 9.53 Å². The van der Waals surface area contributed by atoms with Crippen molar-refractivity contribution in [3.8, 4) is 0 Å². The summed E-state index contributed by atoms with van der Waals surface area (Å²) < 4.78 is 6.20. The second-order valence-corrected chi connectivity index (χ2v) is 10.7. The Balaban J connectivity index is 1.28. The maximum atomic E-state index is 10.6. The van der Waals surface area contributed by atoms with Gasteiger partial charge in [-0.3, -0.25) is 0 Å². The molecule has 2 rings (SSSR count). The third-order valence-electron chi connectivity index (χ3n) is 7.83. The Morgan fingerprint density at radius 1 is 0.733 bits per heavy atom. The lowest BCUT2D eigenvalue weighted by Crippen LogP contribution is -2.10. The largest absolute Gasteiger partial charge is 0.378 e. The van der Waals surface area contributed by atoms with E-state index >= 15 is 0 Å². The summed E-state index contributed by atoms with van der Waals surface area (Å²) in [6, 6.07) is 0. The molecule has 0 aromatic rings. The van der Waals surface area contributed by atoms with Crippen LogP contribution in [0.5, 0.6) is 0 Å². The summed E-state index contributed by atoms with van der Waals surface area (Å²) in [7, 11) is 0. The van der Waals surface area contributed by atoms with Gasteiger partial charge in [0.05, 0.1) is 6.10 Å². The van der Waals surface area contributed by atoms with Crippen LogP contribution in [0.25, 0.3) is 0 Å². The Kier molecular flexibility index (Phi) is 14.9. The van der Waals surface area contributed by atoms with E-state index in [-0.39, 0.29) is 5.92 Å². The summed E-state index contributed by atoms with van der Waals surface area (Å²) in [4.78, 5) is 10.6. The molecule has 0 heterocycles. The first-order chi connectivity index (χ1) is 14.8. The number of hydrogen-bond acceptors (Lipinski definition) is 2. The zero-order valence-electron chi connectivity index (χ0n) is 20.3. The fourth-order valence-electron chi connectivity index (χ4n) is 5.74. The molecule has 2 aliphatic rings. The van der Waals surface area contributed by atoms with Gasteiger partial charge in [-0.2, -0.15) is 0 Å². The molecule has 2 heteroatoms. The average molecular weight is 421 g/mol. The van der Waals surface area contributed by atoms with Crippen LogP contribution in [-0.4, -0.2) is 19.0 Å². The van der Waals surface area contributed by atoms with Crippen molar-refractivity contribution in [3.05, 3.63) is 0 Å². The lowest BCUT2D eigenvalue weighted by atomic mass is 9.95. The smallest absolute Gasteiger partial charge is 0.122 e. The predicted molar refractivity (Wildman–Crippen MR) is 129 cm³/mol. The fraction of sp³-hybridized carbons (Fsp3) is 0.964. The van der Waals surface area contributed by atoms with Gasteiger partial charge in [-0.15, -0.1) is 0 Å². The summed E-state index contributed by atoms with van der Waals surface area (Å²) in [5.41, 5.74) is 0. The highest BCUT2D eigenvalue weighted by Gasteiger charge is 2.25. The molecule has 0 aromatic heterocycles. The van der Waals surface area contributed by atoms with E-state index in [1.54, 1.807) is 0 Å². The molecule has 0 saturated heterocycles. The van der Waals surface area contributed by atoms with Gasteiger partial charge in [0.2, 0.25) is 0 Å². The molecule has 2 nitrogen and oxygen atoms in total. The van der Waals surface area contributed by atoms with Crippen molar-refractivity contribution < 1.29 is 9.53 Å². The molecular formula is C28H52O2. The first-order valence-corrected chi connectivity index (χ1v) is 13.8. The Labute approximate surface area is 188 Å². The molecule has 0 N–H and O–H groups in total. The third-order valence-corrected chi connectivity index (χ3v) is 7.83. The van der Waals surface area contributed by atoms with E-state index in [2.05, 4.69) is 0 Å². The lowest BCUT2D eigenvalue weighted by Gasteiger charge is -2.14. The summed E-state index contributed by atoms with van der Waals surface area (Å²) in [6.07, 6.45) is 30.7. The van der Waals surface area contributed by atoms with Crippen LogP contribution in [0.2, 0.25) is 0 Å². The SMILES string of the molecule is CC(C=O)CCCCCCCCCCCCOC1CCC(CCCC2CCCC2)C1. The second kappa shape index (κ2) is 17.2. The molecule has 2 fully saturated rings. The molecule has 0 amide bonds. The Morgan fingerprint density at radius 3 is 2.00 bits per heavy atom. The van der Waals surface area contributed by atoms with Gasteiger partial charge in [-0.25, -0.2) is 0 Å². The minimum absolute atomic E-state index is 0.260. The summed E-state index contributed by atoms with van der Waals surface area (Å²) in [5, 5.41) is 0. The Morgan fingerprint density at radius 2 is 1.33 bits per heavy atom. The standard InChI is InChI=1S/C28H52O2/c1-25(24-29)15-10-8-6-4-2-3-5-7-9-13-22-30-28-21-20-27(23-28)19-14-18-26-16-11-12-17-26/h24-28H,2-23H2,1H3. The number of hydrogen-bond donors (Lipinski definition) is 0. The van der Waals surface area contributed by atoms with E-state index < -0.39 is 0 Å². The Hall–Kier alpha value is -0.370. The van der Waals surface area contributed by atoms with Gasteiger partial charge < -0.3 is 9.53 Å². The Bertz CT molecular complexity index is 401. The van der Waals surface area contributed by atoms with Crippen molar-refractivity contribution >= 4 is 6.29 Å². The van der Waals surface area contributed by atoms with Crippen LogP contribution in [0.3, 0.4) is 0 Å². The zero-order chi connectivity index (χ0) is 21.3. The number of ether oxygens (including phenoxy) is 1. The van der Waals surface area contributed by atoms with Gasteiger partial charge in [0.15, 0.2) is 0 Å². The van der Waals surface area contributed by atoms with Crippen molar-refractivity contribution in [2.24, 2.45) is 17.8 Å². The molecule has 0 bridgehead atoms. The van der Waals surface area contributed by atoms with E-state index in [0.717, 1.165) is 31.1 Å². The third kappa shape index (κ3) is 12.5. The maximum Gasteiger partial charge on any atom is 0.122 e. The number of aldehydes is 1. The lowest BCUT2D eigenvalue weighted by molar-refractivity contribution is -0.110. The van der Waals surface area contributed by atoms with Crippen LogP contribution in [0.15, 0.2) is 0 Å². The monoisotopic (exact) mass is 420 g/mol. The van der Waals surface area contributed by atoms with E-state index in [4.69, 9.17) is 4.74 Å². The van der Waals surface area contributed by atoms with Gasteiger partial charge in [0.1, 0.15) is 6.29 Å². The normalized spacial score (nSPS) is 23.2. The minimum Gasteiger partial charge on any atom is -0.378 e. The fourth-order valence-corrected chi connectivity index (χ4v) is 5.74. The van der Waals surface area contributed by atoms with Crippen molar-refractivity contribution in [1.29, 1.82) is 0 Å². The van der Waals surface area contributed by atoms with Crippen LogP contribution in [0.1, 0.15) is 142 Å². The first kappa shape index (κ1) is 25.9. The highest BCUT2D eigenvalue weighted by Crippen LogP contribution is 2.34. The number of carbonyl (C=O) groups is 1. The number of unbranched alkanes of at least 4 members (excludes halogenated alkanes) is 9. The van der Waals surface area contributed by atoms with Crippen molar-refractivity contribution in [1.82, 2.24) is 0 Å². The highest BCUT2D eigenvalue weighted by atomic mass is 16.5. The van der Waals surface area contributed by atoms with Crippen molar-refractivity contribution in [2.75, 3.05) is 6.61 Å². The molecule has 0 spiro atoms. The molecule has 2 aliphatic carbocycles. The second-order valence-electron chi connectivity index (χ2n) is 10.7. The molecule has 3 unspecified atom stereocenters. The number of carbonyl (C=O) groups excluding carboxylic acids is 1. The van der Waals surface area contributed by atoms with Crippen LogP contribution >= 0.6 is 0 Å². The molecule has 3 atom stereocenters. The quantitative estimate of drug-likeness (QED) is 0.154. The van der Waals surface area contributed by atoms with Gasteiger partial charge in [0, 0.05) is 12.5 Å². The molecule has 176 valence electrons. The summed E-state index contributed by atoms with van der Waals surface area (Å²) in [6.45, 7) is 3.03. The van der Waals surface area contributed by atoms with E-state index in [1.807, 2.05) is 6.92 Å². The van der Waals surface area contributed by atoms with Crippen LogP contribution in [0.4, 0.5) is 0 Å². The maximum absolute atomic E-state index is 10.6. The van der Waals surface area contributed by atoms with Gasteiger partial charge in [-0.05, 0) is 43.9 Å². The molecule has 0 radical (unpaired) electrons. The summed E-state index contributed by atoms with van der Waals surface area (Å²) in [5.74, 6) is 2.29. The first-order valence-electron chi connectivity index (χ1n) is 13.8. The van der Waals surface area contributed by atoms with Gasteiger partial charge in [-0.1, -0.05) is 110 Å². The number of rotatable bonds is 19. The molecular weight excluding hydrogens is 368 g/mol. The highest BCUT2D eigenvalue weighted by molar-refractivity contribution is 5.52. The zero-order valence-corrected chi connectivity index (χ0v) is 20.3. The van der Waals surface area contributed by atoms with Gasteiger partial charge >= 0.3 is 0 Å². The predicted octanol–water partition coefficient (Wildman–Crippen LogP) is 8.66. The van der Waals surface area contributed by atoms with E-state index in [9.17, 15) is 4.79 Å². The average Bonchev–Trinajstić information content (AvgIpc) is 3.43. The van der Waals surface area contributed by atoms with E-state index in [1.165, 1.54) is 128 Å². The van der Waals surface area contributed by atoms with E-state index in [0.29, 0.717) is 6.10 Å². The van der Waals surface area contributed by atoms with Gasteiger partial charge in [0.25, 0.3) is 0 Å². The van der Waals surface area contributed by atoms with Crippen molar-refractivity contribution in [3.63, 3.8) is 0 Å². The minimum atomic E-state index is 0.260. The van der Waals surface area contributed by atoms with Crippen LogP contribution < -0.4 is 0 Å². The topological polar surface area (TPSA) is 26.3 Å². The summed E-state index contributed by atoms with van der Waals surface area (Å²) >= 11 is 0.